The molecule has 3 amide bonds. The molecule has 0 spiro atoms. The van der Waals surface area contributed by atoms with Crippen molar-refractivity contribution in [2.45, 2.75) is 31.6 Å². The Morgan fingerprint density at radius 3 is 2.36 bits per heavy atom. The molecular formula is C20H15F3N2O3. The summed E-state index contributed by atoms with van der Waals surface area (Å²) in [5.41, 5.74) is 0.0217. The summed E-state index contributed by atoms with van der Waals surface area (Å²) in [6, 6.07) is 10.1. The topological polar surface area (TPSA) is 66.5 Å². The van der Waals surface area contributed by atoms with E-state index in [-0.39, 0.29) is 24.9 Å². The quantitative estimate of drug-likeness (QED) is 0.804. The number of amides is 3. The molecule has 1 N–H and O–H groups in total. The number of halogens is 3. The molecule has 2 heterocycles. The van der Waals surface area contributed by atoms with Crippen molar-refractivity contribution in [1.29, 1.82) is 0 Å². The zero-order valence-electron chi connectivity index (χ0n) is 14.5. The van der Waals surface area contributed by atoms with Gasteiger partial charge in [0.2, 0.25) is 11.8 Å². The second kappa shape index (κ2) is 6.47. The standard InChI is InChI=1S/C20H15F3N2O3/c21-20(22,23)14-7-6-12(11-4-2-1-3-5-11)13-10-25(19(28)17(13)14)15-8-9-16(26)24-18(15)27/h1-7,15H,8-10H2,(H,24,26,27). The molecule has 0 aromatic heterocycles. The number of hydrogen-bond donors (Lipinski definition) is 1. The van der Waals surface area contributed by atoms with Gasteiger partial charge < -0.3 is 4.90 Å². The Hall–Kier alpha value is -3.16. The first kappa shape index (κ1) is 18.2. The molecule has 28 heavy (non-hydrogen) atoms. The SMILES string of the molecule is O=C1CCC(N2Cc3c(-c4ccccc4)ccc(C(F)(F)F)c3C2=O)C(=O)N1. The third kappa shape index (κ3) is 2.94. The van der Waals surface area contributed by atoms with Gasteiger partial charge in [0.1, 0.15) is 6.04 Å². The predicted molar refractivity (Wildman–Crippen MR) is 92.9 cm³/mol. The van der Waals surface area contributed by atoms with Crippen molar-refractivity contribution >= 4 is 17.7 Å². The molecule has 144 valence electrons. The Morgan fingerprint density at radius 2 is 1.71 bits per heavy atom. The van der Waals surface area contributed by atoms with Crippen LogP contribution in [0, 0.1) is 0 Å². The molecular weight excluding hydrogens is 373 g/mol. The van der Waals surface area contributed by atoms with Crippen molar-refractivity contribution in [2.75, 3.05) is 0 Å². The smallest absolute Gasteiger partial charge is 0.322 e. The Balaban J connectivity index is 1.83. The van der Waals surface area contributed by atoms with E-state index in [1.165, 1.54) is 6.07 Å². The second-order valence-electron chi connectivity index (χ2n) is 6.78. The van der Waals surface area contributed by atoms with Crippen LogP contribution >= 0.6 is 0 Å². The lowest BCUT2D eigenvalue weighted by atomic mass is 9.93. The first-order valence-electron chi connectivity index (χ1n) is 8.70. The van der Waals surface area contributed by atoms with E-state index >= 15 is 0 Å². The highest BCUT2D eigenvalue weighted by Gasteiger charge is 2.45. The fraction of sp³-hybridized carbons (Fsp3) is 0.250. The van der Waals surface area contributed by atoms with Crippen LogP contribution in [0.25, 0.3) is 11.1 Å². The van der Waals surface area contributed by atoms with Gasteiger partial charge in [-0.15, -0.1) is 0 Å². The maximum Gasteiger partial charge on any atom is 0.417 e. The van der Waals surface area contributed by atoms with E-state index < -0.39 is 41.1 Å². The van der Waals surface area contributed by atoms with Crippen molar-refractivity contribution in [2.24, 2.45) is 0 Å². The van der Waals surface area contributed by atoms with Crippen molar-refractivity contribution in [1.82, 2.24) is 10.2 Å². The van der Waals surface area contributed by atoms with Crippen LogP contribution < -0.4 is 5.32 Å². The molecule has 2 aromatic rings. The Morgan fingerprint density at radius 1 is 1.00 bits per heavy atom. The Labute approximate surface area is 158 Å². The average Bonchev–Trinajstić information content (AvgIpc) is 2.98. The van der Waals surface area contributed by atoms with Crippen LogP contribution in [0.15, 0.2) is 42.5 Å². The second-order valence-corrected chi connectivity index (χ2v) is 6.78. The maximum atomic E-state index is 13.6. The van der Waals surface area contributed by atoms with Crippen molar-refractivity contribution in [3.05, 3.63) is 59.2 Å². The molecule has 0 radical (unpaired) electrons. The Kier molecular flexibility index (Phi) is 4.21. The van der Waals surface area contributed by atoms with E-state index in [1.54, 1.807) is 30.3 Å². The van der Waals surface area contributed by atoms with Gasteiger partial charge >= 0.3 is 6.18 Å². The number of hydrogen-bond acceptors (Lipinski definition) is 3. The van der Waals surface area contributed by atoms with Gasteiger partial charge in [-0.25, -0.2) is 0 Å². The molecule has 2 aliphatic rings. The zero-order valence-corrected chi connectivity index (χ0v) is 14.5. The van der Waals surface area contributed by atoms with Crippen LogP contribution in [0.5, 0.6) is 0 Å². The number of carbonyl (C=O) groups is 3. The van der Waals surface area contributed by atoms with Crippen LogP contribution in [0.3, 0.4) is 0 Å². The summed E-state index contributed by atoms with van der Waals surface area (Å²) in [6.45, 7) is -0.116. The van der Waals surface area contributed by atoms with Gasteiger partial charge in [0.25, 0.3) is 5.91 Å². The summed E-state index contributed by atoms with van der Waals surface area (Å²) in [7, 11) is 0. The van der Waals surface area contributed by atoms with Gasteiger partial charge in [-0.1, -0.05) is 36.4 Å². The van der Waals surface area contributed by atoms with Gasteiger partial charge in [0, 0.05) is 13.0 Å². The number of imide groups is 1. The maximum absolute atomic E-state index is 13.6. The van der Waals surface area contributed by atoms with E-state index in [1.807, 2.05) is 0 Å². The average molecular weight is 388 g/mol. The third-order valence-corrected chi connectivity index (χ3v) is 5.09. The van der Waals surface area contributed by atoms with Gasteiger partial charge in [0.05, 0.1) is 11.1 Å². The number of piperidine rings is 1. The molecule has 1 atom stereocenters. The van der Waals surface area contributed by atoms with Crippen LogP contribution in [0.1, 0.15) is 34.3 Å². The minimum absolute atomic E-state index is 0.0359. The summed E-state index contributed by atoms with van der Waals surface area (Å²) >= 11 is 0. The number of carbonyl (C=O) groups excluding carboxylic acids is 3. The highest BCUT2D eigenvalue weighted by atomic mass is 19.4. The minimum Gasteiger partial charge on any atom is -0.322 e. The number of nitrogens with zero attached hydrogens (tertiary/aromatic N) is 1. The molecule has 5 nitrogen and oxygen atoms in total. The Bertz CT molecular complexity index is 986. The lowest BCUT2D eigenvalue weighted by Gasteiger charge is -2.29. The largest absolute Gasteiger partial charge is 0.417 e. The van der Waals surface area contributed by atoms with E-state index in [4.69, 9.17) is 0 Å². The summed E-state index contributed by atoms with van der Waals surface area (Å²) < 4.78 is 40.7. The molecule has 0 bridgehead atoms. The highest BCUT2D eigenvalue weighted by molar-refractivity contribution is 6.07. The monoisotopic (exact) mass is 388 g/mol. The molecule has 0 aliphatic carbocycles. The number of rotatable bonds is 2. The molecule has 2 aromatic carbocycles. The molecule has 4 rings (SSSR count). The van der Waals surface area contributed by atoms with Crippen molar-refractivity contribution in [3.8, 4) is 11.1 Å². The van der Waals surface area contributed by atoms with Crippen LogP contribution in [0.4, 0.5) is 13.2 Å². The zero-order chi connectivity index (χ0) is 20.1. The highest BCUT2D eigenvalue weighted by Crippen LogP contribution is 2.42. The van der Waals surface area contributed by atoms with Gasteiger partial charge in [0.15, 0.2) is 0 Å². The molecule has 0 saturated carbocycles. The van der Waals surface area contributed by atoms with Gasteiger partial charge in [-0.3, -0.25) is 19.7 Å². The first-order valence-corrected chi connectivity index (χ1v) is 8.70. The van der Waals surface area contributed by atoms with E-state index in [2.05, 4.69) is 5.32 Å². The third-order valence-electron chi connectivity index (χ3n) is 5.09. The fourth-order valence-electron chi connectivity index (χ4n) is 3.80. The van der Waals surface area contributed by atoms with Crippen molar-refractivity contribution in [3.63, 3.8) is 0 Å². The number of nitrogens with one attached hydrogen (secondary N) is 1. The number of benzene rings is 2. The summed E-state index contributed by atoms with van der Waals surface area (Å²) in [5, 5.41) is 2.15. The molecule has 2 aliphatic heterocycles. The van der Waals surface area contributed by atoms with E-state index in [0.29, 0.717) is 11.1 Å². The van der Waals surface area contributed by atoms with Crippen LogP contribution in [-0.2, 0) is 22.3 Å². The first-order chi connectivity index (χ1) is 13.3. The molecule has 1 fully saturated rings. The van der Waals surface area contributed by atoms with Crippen LogP contribution in [0.2, 0.25) is 0 Å². The van der Waals surface area contributed by atoms with Crippen molar-refractivity contribution < 1.29 is 27.6 Å². The summed E-state index contributed by atoms with van der Waals surface area (Å²) in [4.78, 5) is 37.6. The minimum atomic E-state index is -4.70. The predicted octanol–water partition coefficient (Wildman–Crippen LogP) is 3.13. The molecule has 1 saturated heterocycles. The molecule has 8 heteroatoms. The van der Waals surface area contributed by atoms with Gasteiger partial charge in [-0.05, 0) is 29.2 Å². The summed E-state index contributed by atoms with van der Waals surface area (Å²) in [5.74, 6) is -1.95. The fourth-order valence-corrected chi connectivity index (χ4v) is 3.80. The lowest BCUT2D eigenvalue weighted by molar-refractivity contribution is -0.138. The lowest BCUT2D eigenvalue weighted by Crippen LogP contribution is -2.52. The number of alkyl halides is 3. The molecule has 1 unspecified atom stereocenters. The van der Waals surface area contributed by atoms with E-state index in [0.717, 1.165) is 11.0 Å². The number of fused-ring (bicyclic) bond motifs is 1. The summed E-state index contributed by atoms with van der Waals surface area (Å²) in [6.07, 6.45) is -4.57. The van der Waals surface area contributed by atoms with Gasteiger partial charge in [-0.2, -0.15) is 13.2 Å². The normalized spacial score (nSPS) is 19.6. The van der Waals surface area contributed by atoms with E-state index in [9.17, 15) is 27.6 Å². The van der Waals surface area contributed by atoms with Crippen LogP contribution in [-0.4, -0.2) is 28.7 Å².